The highest BCUT2D eigenvalue weighted by molar-refractivity contribution is 5.99. The van der Waals surface area contributed by atoms with Gasteiger partial charge in [0, 0.05) is 11.9 Å². The van der Waals surface area contributed by atoms with E-state index < -0.39 is 0 Å². The van der Waals surface area contributed by atoms with Crippen molar-refractivity contribution in [1.82, 2.24) is 0 Å². The van der Waals surface area contributed by atoms with Gasteiger partial charge in [-0.05, 0) is 19.4 Å². The Kier molecular flexibility index (Phi) is 2.81. The predicted octanol–water partition coefficient (Wildman–Crippen LogP) is 2.95. The third kappa shape index (κ3) is 2.06. The van der Waals surface area contributed by atoms with Crippen LogP contribution in [-0.2, 0) is 0 Å². The summed E-state index contributed by atoms with van der Waals surface area (Å²) < 4.78 is 0. The summed E-state index contributed by atoms with van der Waals surface area (Å²) in [6.07, 6.45) is 1.56. The molecule has 0 unspecified atom stereocenters. The first-order valence-corrected chi connectivity index (χ1v) is 3.96. The number of aryl methyl sites for hydroxylation is 1. The monoisotopic (exact) mass is 159 g/mol. The molecule has 1 rings (SSSR count). The fourth-order valence-corrected chi connectivity index (χ4v) is 1.01. The van der Waals surface area contributed by atoms with Crippen molar-refractivity contribution in [2.45, 2.75) is 13.8 Å². The summed E-state index contributed by atoms with van der Waals surface area (Å²) in [4.78, 5) is 4.11. The van der Waals surface area contributed by atoms with E-state index in [-0.39, 0.29) is 0 Å². The maximum absolute atomic E-state index is 4.11. The van der Waals surface area contributed by atoms with E-state index in [1.165, 1.54) is 5.56 Å². The topological polar surface area (TPSA) is 12.4 Å². The van der Waals surface area contributed by atoms with Crippen LogP contribution in [0.4, 0.5) is 0 Å². The van der Waals surface area contributed by atoms with Crippen molar-refractivity contribution in [3.8, 4) is 0 Å². The summed E-state index contributed by atoms with van der Waals surface area (Å²) in [6.45, 7) is 7.61. The van der Waals surface area contributed by atoms with E-state index in [2.05, 4.69) is 42.8 Å². The second-order valence-electron chi connectivity index (χ2n) is 2.76. The summed E-state index contributed by atoms with van der Waals surface area (Å²) in [7, 11) is 0. The zero-order valence-corrected chi connectivity index (χ0v) is 7.54. The first-order valence-electron chi connectivity index (χ1n) is 3.96. The van der Waals surface area contributed by atoms with Gasteiger partial charge in [-0.15, -0.1) is 0 Å². The van der Waals surface area contributed by atoms with Gasteiger partial charge in [0.2, 0.25) is 0 Å². The van der Waals surface area contributed by atoms with Crippen molar-refractivity contribution in [3.63, 3.8) is 0 Å². The minimum Gasteiger partial charge on any atom is -0.262 e. The van der Waals surface area contributed by atoms with E-state index in [1.807, 2.05) is 6.92 Å². The van der Waals surface area contributed by atoms with E-state index >= 15 is 0 Å². The molecule has 0 fully saturated rings. The lowest BCUT2D eigenvalue weighted by molar-refractivity contribution is 1.44. The van der Waals surface area contributed by atoms with Gasteiger partial charge in [-0.1, -0.05) is 36.4 Å². The lowest BCUT2D eigenvalue weighted by Crippen LogP contribution is -1.92. The molecule has 1 aromatic rings. The van der Waals surface area contributed by atoms with Gasteiger partial charge in [0.25, 0.3) is 0 Å². The van der Waals surface area contributed by atoms with Crippen LogP contribution in [-0.4, -0.2) is 5.71 Å². The highest BCUT2D eigenvalue weighted by atomic mass is 14.7. The molecule has 1 nitrogen and oxygen atoms in total. The van der Waals surface area contributed by atoms with Crippen molar-refractivity contribution < 1.29 is 0 Å². The molecule has 62 valence electrons. The van der Waals surface area contributed by atoms with Crippen LogP contribution in [0.5, 0.6) is 0 Å². The smallest absolute Gasteiger partial charge is 0.0444 e. The van der Waals surface area contributed by atoms with E-state index in [0.717, 1.165) is 11.3 Å². The minimum absolute atomic E-state index is 1.00. The van der Waals surface area contributed by atoms with Crippen molar-refractivity contribution in [1.29, 1.82) is 0 Å². The second-order valence-corrected chi connectivity index (χ2v) is 2.76. The molecule has 0 radical (unpaired) electrons. The fourth-order valence-electron chi connectivity index (χ4n) is 1.01. The molecule has 0 aliphatic rings. The molecule has 0 saturated carbocycles. The van der Waals surface area contributed by atoms with Crippen molar-refractivity contribution in [2.24, 2.45) is 4.99 Å². The quantitative estimate of drug-likeness (QED) is 0.588. The molecule has 0 atom stereocenters. The van der Waals surface area contributed by atoms with E-state index in [9.17, 15) is 0 Å². The Labute approximate surface area is 73.5 Å². The fraction of sp³-hybridized carbons (Fsp3) is 0.182. The molecule has 0 aromatic heterocycles. The van der Waals surface area contributed by atoms with Gasteiger partial charge in [-0.3, -0.25) is 4.99 Å². The SMILES string of the molecule is C=C/N=C(\C)c1ccc(C)cc1. The summed E-state index contributed by atoms with van der Waals surface area (Å²) in [6, 6.07) is 8.30. The molecule has 0 saturated heterocycles. The molecular formula is C11H13N. The lowest BCUT2D eigenvalue weighted by atomic mass is 10.1. The molecule has 0 heterocycles. The number of hydrogen-bond acceptors (Lipinski definition) is 1. The van der Waals surface area contributed by atoms with Crippen LogP contribution in [0.3, 0.4) is 0 Å². The van der Waals surface area contributed by atoms with Crippen LogP contribution in [0, 0.1) is 6.92 Å². The zero-order chi connectivity index (χ0) is 8.97. The normalized spacial score (nSPS) is 11.3. The molecule has 0 N–H and O–H groups in total. The Morgan fingerprint density at radius 1 is 1.33 bits per heavy atom. The van der Waals surface area contributed by atoms with Crippen LogP contribution in [0.15, 0.2) is 42.0 Å². The summed E-state index contributed by atoms with van der Waals surface area (Å²) in [5.41, 5.74) is 3.43. The van der Waals surface area contributed by atoms with Gasteiger partial charge in [0.05, 0.1) is 0 Å². The van der Waals surface area contributed by atoms with E-state index in [4.69, 9.17) is 0 Å². The Morgan fingerprint density at radius 2 is 1.92 bits per heavy atom. The molecule has 12 heavy (non-hydrogen) atoms. The Morgan fingerprint density at radius 3 is 2.42 bits per heavy atom. The molecule has 1 heteroatoms. The van der Waals surface area contributed by atoms with Crippen LogP contribution in [0.2, 0.25) is 0 Å². The number of aliphatic imine (C=N–C) groups is 1. The average Bonchev–Trinajstić information content (AvgIpc) is 2.06. The number of benzene rings is 1. The molecule has 0 amide bonds. The first-order chi connectivity index (χ1) is 5.74. The van der Waals surface area contributed by atoms with Gasteiger partial charge in [0.1, 0.15) is 0 Å². The largest absolute Gasteiger partial charge is 0.262 e. The van der Waals surface area contributed by atoms with Gasteiger partial charge in [-0.25, -0.2) is 0 Å². The van der Waals surface area contributed by atoms with Crippen molar-refractivity contribution in [3.05, 3.63) is 48.2 Å². The highest BCUT2D eigenvalue weighted by Crippen LogP contribution is 2.04. The van der Waals surface area contributed by atoms with E-state index in [1.54, 1.807) is 6.20 Å². The predicted molar refractivity (Wildman–Crippen MR) is 53.6 cm³/mol. The summed E-state index contributed by atoms with van der Waals surface area (Å²) in [5, 5.41) is 0. The summed E-state index contributed by atoms with van der Waals surface area (Å²) >= 11 is 0. The average molecular weight is 159 g/mol. The Balaban J connectivity index is 2.97. The minimum atomic E-state index is 1.00. The highest BCUT2D eigenvalue weighted by Gasteiger charge is 1.93. The van der Waals surface area contributed by atoms with Crippen LogP contribution in [0.1, 0.15) is 18.1 Å². The second kappa shape index (κ2) is 3.86. The summed E-state index contributed by atoms with van der Waals surface area (Å²) in [5.74, 6) is 0. The molecule has 0 bridgehead atoms. The molecule has 0 aliphatic carbocycles. The van der Waals surface area contributed by atoms with Crippen LogP contribution < -0.4 is 0 Å². The van der Waals surface area contributed by atoms with E-state index in [0.29, 0.717) is 0 Å². The first kappa shape index (κ1) is 8.72. The number of rotatable bonds is 2. The van der Waals surface area contributed by atoms with Gasteiger partial charge < -0.3 is 0 Å². The van der Waals surface area contributed by atoms with Gasteiger partial charge >= 0.3 is 0 Å². The number of nitrogens with zero attached hydrogens (tertiary/aromatic N) is 1. The van der Waals surface area contributed by atoms with Crippen LogP contribution >= 0.6 is 0 Å². The third-order valence-corrected chi connectivity index (χ3v) is 1.75. The molecule has 1 aromatic carbocycles. The zero-order valence-electron chi connectivity index (χ0n) is 7.54. The Hall–Kier alpha value is -1.37. The lowest BCUT2D eigenvalue weighted by Gasteiger charge is -1.98. The van der Waals surface area contributed by atoms with Gasteiger partial charge in [0.15, 0.2) is 0 Å². The third-order valence-electron chi connectivity index (χ3n) is 1.75. The standard InChI is InChI=1S/C11H13N/c1-4-12-10(3)11-7-5-9(2)6-8-11/h4-8H,1H2,2-3H3/b12-10+. The Bertz CT molecular complexity index is 293. The van der Waals surface area contributed by atoms with Crippen LogP contribution in [0.25, 0.3) is 0 Å². The van der Waals surface area contributed by atoms with Crippen molar-refractivity contribution in [2.75, 3.05) is 0 Å². The maximum atomic E-state index is 4.11. The molecule has 0 spiro atoms. The molecule has 0 aliphatic heterocycles. The van der Waals surface area contributed by atoms with Crippen molar-refractivity contribution >= 4 is 5.71 Å². The molecular weight excluding hydrogens is 146 g/mol. The van der Waals surface area contributed by atoms with Gasteiger partial charge in [-0.2, -0.15) is 0 Å². The number of hydrogen-bond donors (Lipinski definition) is 0. The maximum Gasteiger partial charge on any atom is 0.0444 e.